The number of aromatic nitrogens is 4. The minimum atomic E-state index is 0.298. The number of aryl methyl sites for hydroxylation is 1. The Labute approximate surface area is 153 Å². The summed E-state index contributed by atoms with van der Waals surface area (Å²) < 4.78 is 5.05. The van der Waals surface area contributed by atoms with E-state index < -0.39 is 0 Å². The monoisotopic (exact) mass is 349 g/mol. The van der Waals surface area contributed by atoms with Gasteiger partial charge in [0.1, 0.15) is 0 Å². The summed E-state index contributed by atoms with van der Waals surface area (Å²) in [5.74, 6) is 0. The van der Waals surface area contributed by atoms with Gasteiger partial charge in [0, 0.05) is 43.2 Å². The molecule has 2 aromatic heterocycles. The van der Waals surface area contributed by atoms with Crippen LogP contribution in [0.1, 0.15) is 35.0 Å². The van der Waals surface area contributed by atoms with Crippen LogP contribution in [0.25, 0.3) is 0 Å². The molecule has 0 unspecified atom stereocenters. The van der Waals surface area contributed by atoms with Crippen molar-refractivity contribution in [2.75, 3.05) is 13.7 Å². The maximum Gasteiger partial charge on any atom is 0.316 e. The fourth-order valence-corrected chi connectivity index (χ4v) is 3.62. The Hall–Kier alpha value is -2.73. The minimum absolute atomic E-state index is 0.298. The zero-order valence-corrected chi connectivity index (χ0v) is 14.9. The van der Waals surface area contributed by atoms with Gasteiger partial charge in [0.25, 0.3) is 0 Å². The van der Waals surface area contributed by atoms with Crippen molar-refractivity contribution < 1.29 is 4.74 Å². The van der Waals surface area contributed by atoms with Crippen molar-refractivity contribution in [3.8, 4) is 6.01 Å². The zero-order chi connectivity index (χ0) is 17.8. The molecule has 26 heavy (non-hydrogen) atoms. The Bertz CT molecular complexity index is 831. The van der Waals surface area contributed by atoms with Gasteiger partial charge in [-0.1, -0.05) is 30.3 Å². The molecule has 0 bridgehead atoms. The van der Waals surface area contributed by atoms with Crippen LogP contribution in [0.4, 0.5) is 0 Å². The van der Waals surface area contributed by atoms with Crippen LogP contribution in [0, 0.1) is 0 Å². The van der Waals surface area contributed by atoms with Gasteiger partial charge in [-0.05, 0) is 18.4 Å². The van der Waals surface area contributed by atoms with E-state index in [4.69, 9.17) is 4.74 Å². The predicted molar refractivity (Wildman–Crippen MR) is 98.8 cm³/mol. The average Bonchev–Trinajstić information content (AvgIpc) is 3.17. The van der Waals surface area contributed by atoms with Crippen LogP contribution in [-0.2, 0) is 19.4 Å². The third-order valence-electron chi connectivity index (χ3n) is 4.96. The molecule has 3 heterocycles. The van der Waals surface area contributed by atoms with Gasteiger partial charge in [-0.3, -0.25) is 4.90 Å². The third kappa shape index (κ3) is 3.60. The third-order valence-corrected chi connectivity index (χ3v) is 4.96. The van der Waals surface area contributed by atoms with Crippen LogP contribution in [0.2, 0.25) is 0 Å². The molecule has 3 aromatic rings. The maximum absolute atomic E-state index is 5.05. The van der Waals surface area contributed by atoms with Crippen molar-refractivity contribution in [1.82, 2.24) is 24.8 Å². The van der Waals surface area contributed by atoms with Gasteiger partial charge in [-0.25, -0.2) is 15.0 Å². The Kier molecular flexibility index (Phi) is 4.93. The van der Waals surface area contributed by atoms with Gasteiger partial charge in [0.05, 0.1) is 25.2 Å². The first-order chi connectivity index (χ1) is 12.8. The summed E-state index contributed by atoms with van der Waals surface area (Å²) >= 11 is 0. The summed E-state index contributed by atoms with van der Waals surface area (Å²) in [4.78, 5) is 18.9. The second-order valence-electron chi connectivity index (χ2n) is 6.60. The first kappa shape index (κ1) is 16.7. The highest BCUT2D eigenvalue weighted by Crippen LogP contribution is 2.32. The number of methoxy groups -OCH3 is 1. The Morgan fingerprint density at radius 1 is 1.12 bits per heavy atom. The number of imidazole rings is 1. The molecule has 0 saturated carbocycles. The molecule has 4 rings (SSSR count). The first-order valence-electron chi connectivity index (χ1n) is 8.98. The van der Waals surface area contributed by atoms with Gasteiger partial charge in [-0.15, -0.1) is 0 Å². The van der Waals surface area contributed by atoms with Crippen LogP contribution in [0.3, 0.4) is 0 Å². The molecule has 1 atom stereocenters. The van der Waals surface area contributed by atoms with Gasteiger partial charge in [-0.2, -0.15) is 0 Å². The number of hydrogen-bond acceptors (Lipinski definition) is 5. The SMILES string of the molecule is COc1ncc(CN2CCc3[nH]cnc3[C@@H]2CCc2ccccc2)cn1. The smallest absolute Gasteiger partial charge is 0.316 e. The lowest BCUT2D eigenvalue weighted by molar-refractivity contribution is 0.162. The number of fused-ring (bicyclic) bond motifs is 1. The lowest BCUT2D eigenvalue weighted by Crippen LogP contribution is -2.35. The van der Waals surface area contributed by atoms with E-state index in [1.165, 1.54) is 17.0 Å². The number of rotatable bonds is 6. The molecular weight excluding hydrogens is 326 g/mol. The second kappa shape index (κ2) is 7.66. The standard InChI is InChI=1S/C20H23N5O/c1-26-20-21-11-16(12-22-20)13-25-10-9-17-19(24-14-23-17)18(25)8-7-15-5-3-2-4-6-15/h2-6,11-12,14,18H,7-10,13H2,1H3,(H,23,24)/t18-/m0/s1. The molecule has 1 aliphatic heterocycles. The number of nitrogens with one attached hydrogen (secondary N) is 1. The van der Waals surface area contributed by atoms with E-state index in [0.29, 0.717) is 12.1 Å². The van der Waals surface area contributed by atoms with Crippen molar-refractivity contribution in [1.29, 1.82) is 0 Å². The highest BCUT2D eigenvalue weighted by Gasteiger charge is 2.29. The van der Waals surface area contributed by atoms with Gasteiger partial charge in [0.15, 0.2) is 0 Å². The number of aromatic amines is 1. The molecule has 1 N–H and O–H groups in total. The zero-order valence-electron chi connectivity index (χ0n) is 14.9. The van der Waals surface area contributed by atoms with Gasteiger partial charge < -0.3 is 9.72 Å². The van der Waals surface area contributed by atoms with Crippen LogP contribution in [-0.4, -0.2) is 38.5 Å². The lowest BCUT2D eigenvalue weighted by Gasteiger charge is -2.35. The highest BCUT2D eigenvalue weighted by molar-refractivity contribution is 5.22. The molecule has 6 nitrogen and oxygen atoms in total. The summed E-state index contributed by atoms with van der Waals surface area (Å²) in [5.41, 5.74) is 4.91. The van der Waals surface area contributed by atoms with Crippen molar-refractivity contribution in [2.45, 2.75) is 31.8 Å². The van der Waals surface area contributed by atoms with Gasteiger partial charge >= 0.3 is 6.01 Å². The Morgan fingerprint density at radius 3 is 2.69 bits per heavy atom. The van der Waals surface area contributed by atoms with Crippen LogP contribution < -0.4 is 4.74 Å². The van der Waals surface area contributed by atoms with E-state index >= 15 is 0 Å². The van der Waals surface area contributed by atoms with E-state index in [9.17, 15) is 0 Å². The predicted octanol–water partition coefficient (Wildman–Crippen LogP) is 2.94. The summed E-state index contributed by atoms with van der Waals surface area (Å²) in [6.07, 6.45) is 8.58. The van der Waals surface area contributed by atoms with Crippen molar-refractivity contribution >= 4 is 0 Å². The van der Waals surface area contributed by atoms with Crippen molar-refractivity contribution in [3.05, 3.63) is 71.6 Å². The molecule has 0 saturated heterocycles. The first-order valence-corrected chi connectivity index (χ1v) is 8.98. The van der Waals surface area contributed by atoms with Gasteiger partial charge in [0.2, 0.25) is 0 Å². The van der Waals surface area contributed by atoms with Crippen LogP contribution in [0.5, 0.6) is 6.01 Å². The molecule has 0 fully saturated rings. The fourth-order valence-electron chi connectivity index (χ4n) is 3.62. The van der Waals surface area contributed by atoms with E-state index in [1.54, 1.807) is 7.11 Å². The van der Waals surface area contributed by atoms with Crippen LogP contribution >= 0.6 is 0 Å². The van der Waals surface area contributed by atoms with Crippen molar-refractivity contribution in [2.24, 2.45) is 0 Å². The van der Waals surface area contributed by atoms with E-state index in [1.807, 2.05) is 18.7 Å². The maximum atomic E-state index is 5.05. The molecule has 0 spiro atoms. The summed E-state index contributed by atoms with van der Waals surface area (Å²) in [6, 6.07) is 11.3. The lowest BCUT2D eigenvalue weighted by atomic mass is 9.96. The normalized spacial score (nSPS) is 17.0. The largest absolute Gasteiger partial charge is 0.467 e. The highest BCUT2D eigenvalue weighted by atomic mass is 16.5. The number of hydrogen-bond donors (Lipinski definition) is 1. The number of benzene rings is 1. The van der Waals surface area contributed by atoms with E-state index in [-0.39, 0.29) is 0 Å². The van der Waals surface area contributed by atoms with E-state index in [0.717, 1.165) is 37.9 Å². The number of H-pyrrole nitrogens is 1. The molecule has 1 aliphatic rings. The average molecular weight is 349 g/mol. The Morgan fingerprint density at radius 2 is 1.92 bits per heavy atom. The fraction of sp³-hybridized carbons (Fsp3) is 0.350. The topological polar surface area (TPSA) is 66.9 Å². The summed E-state index contributed by atoms with van der Waals surface area (Å²) in [6.45, 7) is 1.82. The second-order valence-corrected chi connectivity index (χ2v) is 6.60. The molecule has 1 aromatic carbocycles. The van der Waals surface area contributed by atoms with Crippen molar-refractivity contribution in [3.63, 3.8) is 0 Å². The summed E-state index contributed by atoms with van der Waals surface area (Å²) in [5, 5.41) is 0. The quantitative estimate of drug-likeness (QED) is 0.741. The number of nitrogens with zero attached hydrogens (tertiary/aromatic N) is 4. The van der Waals surface area contributed by atoms with E-state index in [2.05, 4.69) is 55.2 Å². The summed E-state index contributed by atoms with van der Waals surface area (Å²) in [7, 11) is 1.58. The molecule has 0 radical (unpaired) electrons. The molecular formula is C20H23N5O. The minimum Gasteiger partial charge on any atom is -0.467 e. The Balaban J connectivity index is 1.51. The molecule has 0 amide bonds. The molecule has 6 heteroatoms. The van der Waals surface area contributed by atoms with Crippen LogP contribution in [0.15, 0.2) is 49.1 Å². The molecule has 134 valence electrons. The number of ether oxygens (including phenoxy) is 1. The molecule has 0 aliphatic carbocycles.